The second-order valence-corrected chi connectivity index (χ2v) is 7.33. The van der Waals surface area contributed by atoms with Crippen LogP contribution in [0.1, 0.15) is 37.4 Å². The zero-order valence-corrected chi connectivity index (χ0v) is 15.9. The van der Waals surface area contributed by atoms with Crippen molar-refractivity contribution >= 4 is 51.1 Å². The molecule has 3 rings (SSSR count). The molecule has 134 valence electrons. The fourth-order valence-corrected chi connectivity index (χ4v) is 4.07. The highest BCUT2D eigenvalue weighted by Crippen LogP contribution is 2.31. The first-order valence-corrected chi connectivity index (χ1v) is 9.58. The van der Waals surface area contributed by atoms with Gasteiger partial charge in [0.15, 0.2) is 5.13 Å². The van der Waals surface area contributed by atoms with Gasteiger partial charge in [0, 0.05) is 5.69 Å². The van der Waals surface area contributed by atoms with Gasteiger partial charge in [0.2, 0.25) is 5.78 Å². The first kappa shape index (κ1) is 18.1. The van der Waals surface area contributed by atoms with Crippen LogP contribution >= 0.6 is 22.7 Å². The number of carbonyl (C=O) groups excluding carboxylic acids is 2. The van der Waals surface area contributed by atoms with Crippen LogP contribution in [-0.4, -0.2) is 23.3 Å². The molecule has 0 atom stereocenters. The van der Waals surface area contributed by atoms with E-state index in [-0.39, 0.29) is 17.6 Å². The third-order valence-corrected chi connectivity index (χ3v) is 5.58. The molecule has 0 radical (unpaired) electrons. The van der Waals surface area contributed by atoms with Crippen molar-refractivity contribution in [1.82, 2.24) is 4.98 Å². The SMILES string of the molecule is CCOC(=O)c1ccc(Nc2nc(N)c(C(=O)c3sccc3C)s2)cc1. The number of thiazole rings is 1. The molecule has 2 aromatic heterocycles. The van der Waals surface area contributed by atoms with Gasteiger partial charge in [0.1, 0.15) is 10.7 Å². The van der Waals surface area contributed by atoms with Crippen LogP contribution in [0, 0.1) is 6.92 Å². The number of esters is 1. The predicted octanol–water partition coefficient (Wildman–Crippen LogP) is 4.25. The highest BCUT2D eigenvalue weighted by Gasteiger charge is 2.20. The van der Waals surface area contributed by atoms with E-state index >= 15 is 0 Å². The highest BCUT2D eigenvalue weighted by molar-refractivity contribution is 7.19. The number of aryl methyl sites for hydroxylation is 1. The van der Waals surface area contributed by atoms with Crippen LogP contribution in [0.15, 0.2) is 35.7 Å². The van der Waals surface area contributed by atoms with Gasteiger partial charge in [0.25, 0.3) is 0 Å². The molecular weight excluding hydrogens is 370 g/mol. The average molecular weight is 387 g/mol. The first-order chi connectivity index (χ1) is 12.5. The number of nitrogens with two attached hydrogens (primary N) is 1. The Morgan fingerprint density at radius 2 is 1.92 bits per heavy atom. The van der Waals surface area contributed by atoms with Crippen LogP contribution in [0.4, 0.5) is 16.6 Å². The van der Waals surface area contributed by atoms with Crippen molar-refractivity contribution in [2.75, 3.05) is 17.7 Å². The Labute approximate surface area is 158 Å². The maximum Gasteiger partial charge on any atom is 0.338 e. The number of nitrogens with zero attached hydrogens (tertiary/aromatic N) is 1. The van der Waals surface area contributed by atoms with Crippen LogP contribution < -0.4 is 11.1 Å². The fraction of sp³-hybridized carbons (Fsp3) is 0.167. The van der Waals surface area contributed by atoms with E-state index in [1.54, 1.807) is 31.2 Å². The Hall–Kier alpha value is -2.71. The molecule has 0 bridgehead atoms. The molecule has 0 unspecified atom stereocenters. The summed E-state index contributed by atoms with van der Waals surface area (Å²) in [7, 11) is 0. The number of aromatic nitrogens is 1. The Morgan fingerprint density at radius 3 is 2.54 bits per heavy atom. The number of anilines is 3. The Morgan fingerprint density at radius 1 is 1.19 bits per heavy atom. The highest BCUT2D eigenvalue weighted by atomic mass is 32.1. The molecule has 6 nitrogen and oxygen atoms in total. The molecule has 0 aliphatic rings. The van der Waals surface area contributed by atoms with Crippen molar-refractivity contribution in [3.05, 3.63) is 56.6 Å². The van der Waals surface area contributed by atoms with Crippen molar-refractivity contribution in [3.63, 3.8) is 0 Å². The van der Waals surface area contributed by atoms with E-state index in [1.807, 2.05) is 18.4 Å². The van der Waals surface area contributed by atoms with Gasteiger partial charge in [-0.3, -0.25) is 4.79 Å². The third-order valence-electron chi connectivity index (χ3n) is 3.58. The van der Waals surface area contributed by atoms with E-state index in [2.05, 4.69) is 10.3 Å². The van der Waals surface area contributed by atoms with Crippen LogP contribution in [0.3, 0.4) is 0 Å². The average Bonchev–Trinajstić information content (AvgIpc) is 3.20. The Kier molecular flexibility index (Phi) is 5.34. The molecule has 0 aliphatic heterocycles. The summed E-state index contributed by atoms with van der Waals surface area (Å²) in [6, 6.07) is 8.72. The molecule has 1 aromatic carbocycles. The number of benzene rings is 1. The molecule has 0 saturated carbocycles. The van der Waals surface area contributed by atoms with Crippen molar-refractivity contribution in [1.29, 1.82) is 0 Å². The van der Waals surface area contributed by atoms with Crippen LogP contribution in [0.5, 0.6) is 0 Å². The third kappa shape index (κ3) is 3.76. The molecule has 0 fully saturated rings. The molecule has 8 heteroatoms. The maximum atomic E-state index is 12.6. The second kappa shape index (κ2) is 7.67. The summed E-state index contributed by atoms with van der Waals surface area (Å²) in [5.74, 6) is -0.270. The predicted molar refractivity (Wildman–Crippen MR) is 105 cm³/mol. The summed E-state index contributed by atoms with van der Waals surface area (Å²) in [6.07, 6.45) is 0. The normalized spacial score (nSPS) is 10.5. The van der Waals surface area contributed by atoms with Crippen LogP contribution in [-0.2, 0) is 4.74 Å². The number of carbonyl (C=O) groups is 2. The lowest BCUT2D eigenvalue weighted by Crippen LogP contribution is -2.04. The van der Waals surface area contributed by atoms with Gasteiger partial charge >= 0.3 is 5.97 Å². The van der Waals surface area contributed by atoms with Crippen molar-refractivity contribution in [3.8, 4) is 0 Å². The van der Waals surface area contributed by atoms with E-state index in [4.69, 9.17) is 10.5 Å². The molecular formula is C18H17N3O3S2. The Balaban J connectivity index is 1.76. The Bertz CT molecular complexity index is 945. The smallest absolute Gasteiger partial charge is 0.338 e. The summed E-state index contributed by atoms with van der Waals surface area (Å²) in [5.41, 5.74) is 8.07. The van der Waals surface area contributed by atoms with E-state index < -0.39 is 0 Å². The molecule has 3 N–H and O–H groups in total. The number of ether oxygens (including phenoxy) is 1. The number of hydrogen-bond donors (Lipinski definition) is 2. The van der Waals surface area contributed by atoms with Crippen LogP contribution in [0.2, 0.25) is 0 Å². The number of ketones is 1. The van der Waals surface area contributed by atoms with Gasteiger partial charge in [-0.25, -0.2) is 9.78 Å². The minimum atomic E-state index is -0.364. The lowest BCUT2D eigenvalue weighted by molar-refractivity contribution is 0.0526. The van der Waals surface area contributed by atoms with Crippen molar-refractivity contribution < 1.29 is 14.3 Å². The van der Waals surface area contributed by atoms with E-state index in [1.165, 1.54) is 22.7 Å². The minimum absolute atomic E-state index is 0.113. The quantitative estimate of drug-likeness (QED) is 0.485. The number of nitrogen functional groups attached to an aromatic ring is 1. The summed E-state index contributed by atoms with van der Waals surface area (Å²) >= 11 is 2.60. The zero-order valence-electron chi connectivity index (χ0n) is 14.2. The molecule has 0 saturated heterocycles. The summed E-state index contributed by atoms with van der Waals surface area (Å²) in [4.78, 5) is 29.6. The van der Waals surface area contributed by atoms with Crippen molar-refractivity contribution in [2.24, 2.45) is 0 Å². The summed E-state index contributed by atoms with van der Waals surface area (Å²) in [5, 5.41) is 5.50. The van der Waals surface area contributed by atoms with Gasteiger partial charge < -0.3 is 15.8 Å². The lowest BCUT2D eigenvalue weighted by atomic mass is 10.2. The topological polar surface area (TPSA) is 94.3 Å². The summed E-state index contributed by atoms with van der Waals surface area (Å²) in [6.45, 7) is 3.99. The van der Waals surface area contributed by atoms with E-state index in [0.29, 0.717) is 27.1 Å². The number of hydrogen-bond acceptors (Lipinski definition) is 8. The van der Waals surface area contributed by atoms with Gasteiger partial charge in [-0.15, -0.1) is 11.3 Å². The number of thiophene rings is 1. The molecule has 0 spiro atoms. The molecule has 26 heavy (non-hydrogen) atoms. The molecule has 2 heterocycles. The largest absolute Gasteiger partial charge is 0.462 e. The molecule has 3 aromatic rings. The fourth-order valence-electron chi connectivity index (χ4n) is 2.28. The number of nitrogens with one attached hydrogen (secondary N) is 1. The minimum Gasteiger partial charge on any atom is -0.462 e. The van der Waals surface area contributed by atoms with Gasteiger partial charge in [-0.05, 0) is 55.1 Å². The van der Waals surface area contributed by atoms with Gasteiger partial charge in [0.05, 0.1) is 17.0 Å². The van der Waals surface area contributed by atoms with Crippen molar-refractivity contribution in [2.45, 2.75) is 13.8 Å². The van der Waals surface area contributed by atoms with E-state index in [9.17, 15) is 9.59 Å². The van der Waals surface area contributed by atoms with Crippen LogP contribution in [0.25, 0.3) is 0 Å². The zero-order chi connectivity index (χ0) is 18.7. The standard InChI is InChI=1S/C18H17N3O3S2/c1-3-24-17(23)11-4-6-12(7-5-11)20-18-21-16(19)15(26-18)13(22)14-10(2)8-9-25-14/h4-9H,3,19H2,1-2H3,(H,20,21). The molecule has 0 aliphatic carbocycles. The summed E-state index contributed by atoms with van der Waals surface area (Å²) < 4.78 is 4.95. The molecule has 0 amide bonds. The van der Waals surface area contributed by atoms with Gasteiger partial charge in [-0.1, -0.05) is 11.3 Å². The van der Waals surface area contributed by atoms with E-state index in [0.717, 1.165) is 11.3 Å². The maximum absolute atomic E-state index is 12.6. The second-order valence-electron chi connectivity index (χ2n) is 5.42. The van der Waals surface area contributed by atoms with Gasteiger partial charge in [-0.2, -0.15) is 0 Å². The number of rotatable bonds is 6. The lowest BCUT2D eigenvalue weighted by Gasteiger charge is -2.04. The first-order valence-electron chi connectivity index (χ1n) is 7.89. The monoisotopic (exact) mass is 387 g/mol.